The van der Waals surface area contributed by atoms with Crippen molar-refractivity contribution in [1.82, 2.24) is 10.2 Å². The summed E-state index contributed by atoms with van der Waals surface area (Å²) in [4.78, 5) is 28.2. The smallest absolute Gasteiger partial charge is 0.264 e. The van der Waals surface area contributed by atoms with Crippen molar-refractivity contribution in [1.29, 1.82) is 0 Å². The molecule has 0 spiro atoms. The Morgan fingerprint density at radius 2 is 1.61 bits per heavy atom. The first-order valence-corrected chi connectivity index (χ1v) is 14.7. The second-order valence-electron chi connectivity index (χ2n) is 9.29. The van der Waals surface area contributed by atoms with E-state index in [0.717, 1.165) is 19.9 Å². The Labute approximate surface area is 238 Å². The molecule has 0 aromatic heterocycles. The van der Waals surface area contributed by atoms with Gasteiger partial charge in [0.2, 0.25) is 11.8 Å². The number of rotatable bonds is 10. The first-order valence-electron chi connectivity index (χ1n) is 12.1. The van der Waals surface area contributed by atoms with E-state index < -0.39 is 28.5 Å². The third-order valence-electron chi connectivity index (χ3n) is 5.84. The summed E-state index contributed by atoms with van der Waals surface area (Å²) in [6, 6.07) is 19.1. The highest BCUT2D eigenvalue weighted by molar-refractivity contribution is 9.10. The summed E-state index contributed by atoms with van der Waals surface area (Å²) in [6.45, 7) is 6.77. The number of carbonyl (C=O) groups is 2. The zero-order chi connectivity index (χ0) is 28.0. The van der Waals surface area contributed by atoms with Gasteiger partial charge in [0.25, 0.3) is 10.0 Å². The van der Waals surface area contributed by atoms with Crippen molar-refractivity contribution in [3.8, 4) is 0 Å². The van der Waals surface area contributed by atoms with Crippen LogP contribution in [0.4, 0.5) is 5.69 Å². The third-order valence-corrected chi connectivity index (χ3v) is 8.38. The van der Waals surface area contributed by atoms with Crippen molar-refractivity contribution in [2.24, 2.45) is 0 Å². The van der Waals surface area contributed by atoms with Crippen LogP contribution in [-0.4, -0.2) is 43.8 Å². The number of nitrogens with one attached hydrogen (secondary N) is 1. The Morgan fingerprint density at radius 3 is 2.18 bits per heavy atom. The maximum Gasteiger partial charge on any atom is 0.264 e. The minimum absolute atomic E-state index is 0.0509. The van der Waals surface area contributed by atoms with Gasteiger partial charge in [-0.3, -0.25) is 13.9 Å². The van der Waals surface area contributed by atoms with Crippen molar-refractivity contribution >= 4 is 55.1 Å². The van der Waals surface area contributed by atoms with E-state index in [1.807, 2.05) is 45.0 Å². The van der Waals surface area contributed by atoms with Crippen LogP contribution >= 0.6 is 27.5 Å². The molecular weight excluding hydrogens is 590 g/mol. The lowest BCUT2D eigenvalue weighted by Crippen LogP contribution is -2.52. The predicted molar refractivity (Wildman–Crippen MR) is 155 cm³/mol. The number of hydrogen-bond acceptors (Lipinski definition) is 4. The molecular formula is C28H31BrClN3O4S. The molecule has 0 aliphatic carbocycles. The van der Waals surface area contributed by atoms with E-state index in [1.54, 1.807) is 43.3 Å². The van der Waals surface area contributed by atoms with Crippen molar-refractivity contribution < 1.29 is 18.0 Å². The Balaban J connectivity index is 2.02. The maximum absolute atomic E-state index is 13.8. The van der Waals surface area contributed by atoms with Crippen molar-refractivity contribution in [2.45, 2.75) is 51.2 Å². The number of nitrogens with zero attached hydrogens (tertiary/aromatic N) is 2. The van der Waals surface area contributed by atoms with E-state index in [1.165, 1.54) is 17.0 Å². The lowest BCUT2D eigenvalue weighted by atomic mass is 10.1. The number of hydrogen-bond donors (Lipinski definition) is 1. The van der Waals surface area contributed by atoms with Gasteiger partial charge in [-0.05, 0) is 81.8 Å². The molecule has 0 bridgehead atoms. The first kappa shape index (κ1) is 29.7. The van der Waals surface area contributed by atoms with Crippen molar-refractivity contribution in [3.63, 3.8) is 0 Å². The highest BCUT2D eigenvalue weighted by Crippen LogP contribution is 2.26. The summed E-state index contributed by atoms with van der Waals surface area (Å²) in [6.07, 6.45) is 0. The van der Waals surface area contributed by atoms with Gasteiger partial charge in [-0.1, -0.05) is 57.4 Å². The Morgan fingerprint density at radius 1 is 0.974 bits per heavy atom. The van der Waals surface area contributed by atoms with Gasteiger partial charge in [0.15, 0.2) is 0 Å². The van der Waals surface area contributed by atoms with Crippen LogP contribution in [0.1, 0.15) is 31.9 Å². The molecule has 7 nitrogen and oxygen atoms in total. The molecule has 10 heteroatoms. The summed E-state index contributed by atoms with van der Waals surface area (Å²) >= 11 is 9.49. The van der Waals surface area contributed by atoms with Crippen LogP contribution in [0.25, 0.3) is 0 Å². The van der Waals surface area contributed by atoms with Crippen LogP contribution in [0.2, 0.25) is 5.02 Å². The molecule has 0 aliphatic rings. The second-order valence-corrected chi connectivity index (χ2v) is 12.5. The Kier molecular flexibility index (Phi) is 9.98. The Bertz CT molecular complexity index is 1380. The number of benzene rings is 3. The van der Waals surface area contributed by atoms with Gasteiger partial charge in [0.05, 0.1) is 10.6 Å². The van der Waals surface area contributed by atoms with Crippen molar-refractivity contribution in [2.75, 3.05) is 10.8 Å². The van der Waals surface area contributed by atoms with E-state index in [0.29, 0.717) is 5.02 Å². The quantitative estimate of drug-likeness (QED) is 0.322. The van der Waals surface area contributed by atoms with Crippen molar-refractivity contribution in [3.05, 3.63) is 93.4 Å². The summed E-state index contributed by atoms with van der Waals surface area (Å²) in [5, 5.41) is 3.27. The molecule has 0 saturated heterocycles. The molecule has 3 rings (SSSR count). The van der Waals surface area contributed by atoms with Crippen LogP contribution in [-0.2, 0) is 26.2 Å². The molecule has 38 heavy (non-hydrogen) atoms. The maximum atomic E-state index is 13.8. The molecule has 3 aromatic carbocycles. The molecule has 3 aromatic rings. The molecule has 0 radical (unpaired) electrons. The SMILES string of the molecule is Cc1ccc(S(=O)(=O)N(CC(=O)N(Cc2cccc(Br)c2)C(C)C(=O)NC(C)C)c2ccc(Cl)cc2)cc1. The van der Waals surface area contributed by atoms with E-state index >= 15 is 0 Å². The van der Waals surface area contributed by atoms with E-state index in [9.17, 15) is 18.0 Å². The van der Waals surface area contributed by atoms with Crippen LogP contribution < -0.4 is 9.62 Å². The van der Waals surface area contributed by atoms with Gasteiger partial charge >= 0.3 is 0 Å². The monoisotopic (exact) mass is 619 g/mol. The molecule has 2 amide bonds. The minimum atomic E-state index is -4.12. The lowest BCUT2D eigenvalue weighted by molar-refractivity contribution is -0.139. The number of halogens is 2. The fourth-order valence-corrected chi connectivity index (χ4v) is 5.78. The largest absolute Gasteiger partial charge is 0.352 e. The number of amides is 2. The topological polar surface area (TPSA) is 86.8 Å². The summed E-state index contributed by atoms with van der Waals surface area (Å²) in [7, 11) is -4.12. The lowest BCUT2D eigenvalue weighted by Gasteiger charge is -2.32. The van der Waals surface area contributed by atoms with Gasteiger partial charge in [-0.2, -0.15) is 0 Å². The van der Waals surface area contributed by atoms with Gasteiger partial charge in [-0.15, -0.1) is 0 Å². The minimum Gasteiger partial charge on any atom is -0.352 e. The molecule has 0 heterocycles. The van der Waals surface area contributed by atoms with Gasteiger partial charge in [0.1, 0.15) is 12.6 Å². The highest BCUT2D eigenvalue weighted by Gasteiger charge is 2.32. The third kappa shape index (κ3) is 7.58. The molecule has 0 saturated carbocycles. The molecule has 1 N–H and O–H groups in total. The standard InChI is InChI=1S/C28H31BrClN3O4S/c1-19(2)31-28(35)21(4)32(17-22-6-5-7-23(29)16-22)27(34)18-33(25-12-10-24(30)11-13-25)38(36,37)26-14-8-20(3)9-15-26/h5-16,19,21H,17-18H2,1-4H3,(H,31,35). The van der Waals surface area contributed by atoms with Gasteiger partial charge in [0, 0.05) is 22.1 Å². The Hall–Kier alpha value is -2.88. The van der Waals surface area contributed by atoms with E-state index in [4.69, 9.17) is 11.6 Å². The number of sulfonamides is 1. The second kappa shape index (κ2) is 12.8. The molecule has 0 aliphatic heterocycles. The fourth-order valence-electron chi connectivity index (χ4n) is 3.79. The van der Waals surface area contributed by atoms with Crippen LogP contribution in [0, 0.1) is 6.92 Å². The summed E-state index contributed by atoms with van der Waals surface area (Å²) in [5.41, 5.74) is 1.98. The predicted octanol–water partition coefficient (Wildman–Crippen LogP) is 5.55. The van der Waals surface area contributed by atoms with E-state index in [-0.39, 0.29) is 29.1 Å². The average molecular weight is 621 g/mol. The molecule has 202 valence electrons. The van der Waals surface area contributed by atoms with Gasteiger partial charge < -0.3 is 10.2 Å². The molecule has 1 atom stereocenters. The average Bonchev–Trinajstić information content (AvgIpc) is 2.86. The van der Waals surface area contributed by atoms with Gasteiger partial charge in [-0.25, -0.2) is 8.42 Å². The zero-order valence-electron chi connectivity index (χ0n) is 21.7. The number of aryl methyl sites for hydroxylation is 1. The van der Waals surface area contributed by atoms with Crippen LogP contribution in [0.3, 0.4) is 0 Å². The summed E-state index contributed by atoms with van der Waals surface area (Å²) in [5.74, 6) is -0.857. The molecule has 0 fully saturated rings. The zero-order valence-corrected chi connectivity index (χ0v) is 24.8. The number of anilines is 1. The number of carbonyl (C=O) groups excluding carboxylic acids is 2. The first-order chi connectivity index (χ1) is 17.9. The highest BCUT2D eigenvalue weighted by atomic mass is 79.9. The fraction of sp³-hybridized carbons (Fsp3) is 0.286. The van der Waals surface area contributed by atoms with Crippen LogP contribution in [0.15, 0.2) is 82.2 Å². The van der Waals surface area contributed by atoms with Crippen LogP contribution in [0.5, 0.6) is 0 Å². The summed E-state index contributed by atoms with van der Waals surface area (Å²) < 4.78 is 29.4. The van der Waals surface area contributed by atoms with E-state index in [2.05, 4.69) is 21.2 Å². The normalized spacial score (nSPS) is 12.2. The molecule has 1 unspecified atom stereocenters.